The van der Waals surface area contributed by atoms with Gasteiger partial charge in [0.2, 0.25) is 0 Å². The molecule has 12 heteroatoms. The van der Waals surface area contributed by atoms with Crippen LogP contribution in [-0.4, -0.2) is 73.1 Å². The third kappa shape index (κ3) is 5.31. The molecule has 2 saturated heterocycles. The zero-order chi connectivity index (χ0) is 30.1. The first-order valence-corrected chi connectivity index (χ1v) is 15.6. The van der Waals surface area contributed by atoms with Gasteiger partial charge in [0, 0.05) is 38.3 Å². The Kier molecular flexibility index (Phi) is 7.79. The number of rotatable bonds is 8. The Balaban J connectivity index is 1.51. The number of nitriles is 1. The first-order chi connectivity index (χ1) is 20.8. The molecular weight excluding hydrogens is 568 g/mol. The van der Waals surface area contributed by atoms with Crippen molar-refractivity contribution in [1.82, 2.24) is 24.1 Å². The number of likely N-dealkylation sites (tertiary alicyclic amines) is 1. The normalized spacial score (nSPS) is 18.1. The number of aromatic nitrogens is 2. The standard InChI is InChI=1S/C31H32N6O5S/c1-42-25-10-12-26(13-11-25)43(40,41)37-27-14-9-21(17-32)16-28(27)36(31(37)39)29(22-6-3-2-4-7-22)30(38)35-15-5-8-23(20-35)34-24-18-33-19-24/h2-4,6-7,9-14,16,23-24,29,33-34H,5,8,15,18-20H2,1H3. The Hall–Kier alpha value is -4.44. The molecule has 0 aliphatic carbocycles. The highest BCUT2D eigenvalue weighted by Crippen LogP contribution is 2.29. The number of piperidine rings is 1. The summed E-state index contributed by atoms with van der Waals surface area (Å²) in [4.78, 5) is 30.4. The van der Waals surface area contributed by atoms with E-state index in [0.29, 0.717) is 30.4 Å². The van der Waals surface area contributed by atoms with Crippen LogP contribution in [0.1, 0.15) is 30.0 Å². The van der Waals surface area contributed by atoms with Crippen molar-refractivity contribution in [1.29, 1.82) is 5.26 Å². The average molecular weight is 601 g/mol. The van der Waals surface area contributed by atoms with Gasteiger partial charge in [-0.15, -0.1) is 0 Å². The fourth-order valence-electron chi connectivity index (χ4n) is 5.86. The molecule has 6 rings (SSSR count). The van der Waals surface area contributed by atoms with Crippen LogP contribution in [0.2, 0.25) is 0 Å². The highest BCUT2D eigenvalue weighted by Gasteiger charge is 2.36. The van der Waals surface area contributed by atoms with Crippen LogP contribution >= 0.6 is 0 Å². The van der Waals surface area contributed by atoms with Gasteiger partial charge in [-0.2, -0.15) is 9.23 Å². The van der Waals surface area contributed by atoms with Gasteiger partial charge in [0.25, 0.3) is 15.9 Å². The maximum atomic E-state index is 14.5. The predicted octanol–water partition coefficient (Wildman–Crippen LogP) is 2.06. The second-order valence-electron chi connectivity index (χ2n) is 10.9. The van der Waals surface area contributed by atoms with Crippen molar-refractivity contribution in [2.24, 2.45) is 0 Å². The summed E-state index contributed by atoms with van der Waals surface area (Å²) in [5, 5.41) is 16.5. The van der Waals surface area contributed by atoms with Crippen LogP contribution in [0.4, 0.5) is 0 Å². The second-order valence-corrected chi connectivity index (χ2v) is 12.7. The van der Waals surface area contributed by atoms with Gasteiger partial charge in [-0.25, -0.2) is 13.2 Å². The number of hydrogen-bond acceptors (Lipinski definition) is 8. The third-order valence-electron chi connectivity index (χ3n) is 8.15. The topological polar surface area (TPSA) is 138 Å². The van der Waals surface area contributed by atoms with Crippen LogP contribution < -0.4 is 21.1 Å². The van der Waals surface area contributed by atoms with E-state index >= 15 is 0 Å². The smallest absolute Gasteiger partial charge is 0.344 e. The number of carbonyl (C=O) groups is 1. The molecule has 4 aromatic rings. The van der Waals surface area contributed by atoms with Gasteiger partial charge in [0.15, 0.2) is 0 Å². The van der Waals surface area contributed by atoms with Gasteiger partial charge in [-0.1, -0.05) is 30.3 Å². The second kappa shape index (κ2) is 11.7. The Morgan fingerprint density at radius 3 is 2.44 bits per heavy atom. The Morgan fingerprint density at radius 1 is 1.05 bits per heavy atom. The number of fused-ring (bicyclic) bond motifs is 1. The molecule has 2 fully saturated rings. The zero-order valence-corrected chi connectivity index (χ0v) is 24.5. The van der Waals surface area contributed by atoms with Crippen LogP contribution in [0.25, 0.3) is 11.0 Å². The SMILES string of the molecule is COc1ccc(S(=O)(=O)n2c(=O)n(C(C(=O)N3CCCC(NC4CNC4)C3)c3ccccc3)c3cc(C#N)ccc32)cc1. The van der Waals surface area contributed by atoms with Crippen molar-refractivity contribution in [2.45, 2.75) is 35.9 Å². The lowest BCUT2D eigenvalue weighted by Crippen LogP contribution is -2.61. The van der Waals surface area contributed by atoms with Gasteiger partial charge < -0.3 is 20.3 Å². The third-order valence-corrected chi connectivity index (χ3v) is 9.86. The maximum Gasteiger partial charge on any atom is 0.344 e. The zero-order valence-electron chi connectivity index (χ0n) is 23.6. The van der Waals surface area contributed by atoms with E-state index in [1.165, 1.54) is 54.1 Å². The minimum atomic E-state index is -4.40. The summed E-state index contributed by atoms with van der Waals surface area (Å²) >= 11 is 0. The minimum absolute atomic E-state index is 0.0734. The molecule has 1 aromatic heterocycles. The van der Waals surface area contributed by atoms with Crippen LogP contribution in [0.5, 0.6) is 5.75 Å². The summed E-state index contributed by atoms with van der Waals surface area (Å²) < 4.78 is 35.1. The average Bonchev–Trinajstić information content (AvgIpc) is 3.31. The number of benzene rings is 3. The van der Waals surface area contributed by atoms with Crippen LogP contribution in [0, 0.1) is 11.3 Å². The molecular formula is C31H32N6O5S. The fraction of sp³-hybridized carbons (Fsp3) is 0.323. The summed E-state index contributed by atoms with van der Waals surface area (Å²) in [6, 6.07) is 20.4. The van der Waals surface area contributed by atoms with Crippen LogP contribution in [-0.2, 0) is 14.8 Å². The summed E-state index contributed by atoms with van der Waals surface area (Å²) in [6.45, 7) is 2.76. The molecule has 2 atom stereocenters. The van der Waals surface area contributed by atoms with Crippen molar-refractivity contribution in [3.05, 3.63) is 94.4 Å². The Bertz CT molecular complexity index is 1860. The fourth-order valence-corrected chi connectivity index (χ4v) is 7.26. The molecule has 2 unspecified atom stereocenters. The highest BCUT2D eigenvalue weighted by molar-refractivity contribution is 7.90. The van der Waals surface area contributed by atoms with Gasteiger partial charge in [0.05, 0.1) is 34.7 Å². The van der Waals surface area contributed by atoms with Crippen LogP contribution in [0.15, 0.2) is 82.5 Å². The molecule has 3 aromatic carbocycles. The lowest BCUT2D eigenvalue weighted by molar-refractivity contribution is -0.135. The number of nitrogens with zero attached hydrogens (tertiary/aromatic N) is 4. The summed E-state index contributed by atoms with van der Waals surface area (Å²) in [6.07, 6.45) is 1.73. The minimum Gasteiger partial charge on any atom is -0.497 e. The summed E-state index contributed by atoms with van der Waals surface area (Å²) in [5.74, 6) is 0.153. The van der Waals surface area contributed by atoms with E-state index in [1.54, 1.807) is 29.2 Å². The number of carbonyl (C=O) groups excluding carboxylic acids is 1. The summed E-state index contributed by atoms with van der Waals surface area (Å²) in [5.41, 5.74) is 0.127. The van der Waals surface area contributed by atoms with Gasteiger partial charge >= 0.3 is 5.69 Å². The monoisotopic (exact) mass is 600 g/mol. The lowest BCUT2D eigenvalue weighted by Gasteiger charge is -2.39. The van der Waals surface area contributed by atoms with Crippen molar-refractivity contribution < 1.29 is 17.9 Å². The number of hydrogen-bond donors (Lipinski definition) is 2. The van der Waals surface area contributed by atoms with E-state index < -0.39 is 21.8 Å². The molecule has 3 heterocycles. The molecule has 11 nitrogen and oxygen atoms in total. The molecule has 0 saturated carbocycles. The van der Waals surface area contributed by atoms with E-state index in [9.17, 15) is 23.3 Å². The van der Waals surface area contributed by atoms with E-state index in [1.807, 2.05) is 6.07 Å². The lowest BCUT2D eigenvalue weighted by atomic mass is 10.00. The van der Waals surface area contributed by atoms with Crippen molar-refractivity contribution in [3.63, 3.8) is 0 Å². The van der Waals surface area contributed by atoms with E-state index in [4.69, 9.17) is 4.74 Å². The highest BCUT2D eigenvalue weighted by atomic mass is 32.2. The van der Waals surface area contributed by atoms with E-state index in [2.05, 4.69) is 16.7 Å². The Morgan fingerprint density at radius 2 is 1.79 bits per heavy atom. The molecule has 222 valence electrons. The number of ether oxygens (including phenoxy) is 1. The number of nitrogens with one attached hydrogen (secondary N) is 2. The number of amides is 1. The molecule has 0 bridgehead atoms. The Labute approximate surface area is 249 Å². The van der Waals surface area contributed by atoms with E-state index in [-0.39, 0.29) is 33.4 Å². The molecule has 0 spiro atoms. The number of methoxy groups -OCH3 is 1. The van der Waals surface area contributed by atoms with Gasteiger partial charge in [0.1, 0.15) is 11.8 Å². The van der Waals surface area contributed by atoms with Gasteiger partial charge in [-0.05, 0) is 60.9 Å². The van der Waals surface area contributed by atoms with E-state index in [0.717, 1.165) is 29.9 Å². The summed E-state index contributed by atoms with van der Waals surface area (Å²) in [7, 11) is -2.93. The largest absolute Gasteiger partial charge is 0.497 e. The quantitative estimate of drug-likeness (QED) is 0.314. The van der Waals surface area contributed by atoms with Crippen LogP contribution in [0.3, 0.4) is 0 Å². The molecule has 43 heavy (non-hydrogen) atoms. The molecule has 2 N–H and O–H groups in total. The molecule has 2 aliphatic heterocycles. The maximum absolute atomic E-state index is 14.5. The molecule has 0 radical (unpaired) electrons. The molecule has 1 amide bonds. The van der Waals surface area contributed by atoms with Crippen molar-refractivity contribution in [2.75, 3.05) is 33.3 Å². The first-order valence-electron chi connectivity index (χ1n) is 14.2. The molecule has 2 aliphatic rings. The predicted molar refractivity (Wildman–Crippen MR) is 160 cm³/mol. The van der Waals surface area contributed by atoms with Gasteiger partial charge in [-0.3, -0.25) is 9.36 Å². The van der Waals surface area contributed by atoms with Crippen molar-refractivity contribution in [3.8, 4) is 11.8 Å². The number of imidazole rings is 1. The van der Waals surface area contributed by atoms with Crippen molar-refractivity contribution >= 4 is 27.0 Å². The first kappa shape index (κ1) is 28.7.